The minimum Gasteiger partial charge on any atom is -0.493 e. The lowest BCUT2D eigenvalue weighted by Crippen LogP contribution is -2.12. The Morgan fingerprint density at radius 1 is 0.879 bits per heavy atom. The molecule has 33 heavy (non-hydrogen) atoms. The van der Waals surface area contributed by atoms with Crippen LogP contribution in [0.1, 0.15) is 0 Å². The first kappa shape index (κ1) is 21.4. The van der Waals surface area contributed by atoms with Crippen molar-refractivity contribution in [3.8, 4) is 27.8 Å². The fourth-order valence-corrected chi connectivity index (χ4v) is 6.42. The van der Waals surface area contributed by atoms with E-state index in [2.05, 4.69) is 9.71 Å². The fraction of sp³-hybridized carbons (Fsp3) is 0.0417. The quantitative estimate of drug-likeness (QED) is 0.275. The molecule has 0 saturated heterocycles. The van der Waals surface area contributed by atoms with E-state index in [0.29, 0.717) is 22.2 Å². The number of aromatic nitrogens is 1. The molecule has 0 atom stereocenters. The number of nitrogens with zero attached hydrogens (tertiary/aromatic N) is 1. The van der Waals surface area contributed by atoms with Gasteiger partial charge in [0.1, 0.15) is 15.8 Å². The number of benzene rings is 3. The smallest absolute Gasteiger partial charge is 0.262 e. The van der Waals surface area contributed by atoms with E-state index in [1.165, 1.54) is 34.8 Å². The Balaban J connectivity index is 1.37. The van der Waals surface area contributed by atoms with E-state index in [9.17, 15) is 8.42 Å². The van der Waals surface area contributed by atoms with Gasteiger partial charge in [-0.1, -0.05) is 24.3 Å². The van der Waals surface area contributed by atoms with E-state index in [-0.39, 0.29) is 4.90 Å². The fourth-order valence-electron chi connectivity index (χ4n) is 3.24. The van der Waals surface area contributed by atoms with Crippen LogP contribution in [0, 0.1) is 0 Å². The molecule has 5 aromatic rings. The number of thiophene rings is 1. The predicted octanol–water partition coefficient (Wildman–Crippen LogP) is 6.63. The molecule has 0 aliphatic heterocycles. The second kappa shape index (κ2) is 8.86. The molecule has 3 aromatic carbocycles. The third-order valence-electron chi connectivity index (χ3n) is 4.85. The van der Waals surface area contributed by atoms with Gasteiger partial charge in [-0.2, -0.15) is 0 Å². The molecule has 0 saturated carbocycles. The highest BCUT2D eigenvalue weighted by atomic mass is 32.2. The second-order valence-corrected chi connectivity index (χ2v) is 10.6. The summed E-state index contributed by atoms with van der Waals surface area (Å²) in [5.74, 6) is 1.65. The number of hydrogen-bond acceptors (Lipinski definition) is 7. The van der Waals surface area contributed by atoms with Crippen LogP contribution in [0.25, 0.3) is 20.8 Å². The maximum atomic E-state index is 13.0. The molecule has 0 bridgehead atoms. The molecule has 0 amide bonds. The third kappa shape index (κ3) is 4.43. The summed E-state index contributed by atoms with van der Waals surface area (Å²) in [7, 11) is -2.22. The molecule has 6 nitrogen and oxygen atoms in total. The van der Waals surface area contributed by atoms with E-state index < -0.39 is 10.0 Å². The zero-order chi connectivity index (χ0) is 22.8. The van der Waals surface area contributed by atoms with Crippen molar-refractivity contribution in [3.05, 3.63) is 84.2 Å². The Morgan fingerprint density at radius 2 is 1.61 bits per heavy atom. The lowest BCUT2D eigenvalue weighted by molar-refractivity contribution is 0.379. The Kier molecular flexibility index (Phi) is 5.76. The number of sulfonamides is 1. The highest BCUT2D eigenvalue weighted by Gasteiger charge is 2.19. The summed E-state index contributed by atoms with van der Waals surface area (Å²) in [6.45, 7) is 0. The van der Waals surface area contributed by atoms with Crippen molar-refractivity contribution < 1.29 is 17.9 Å². The van der Waals surface area contributed by atoms with Gasteiger partial charge in [0.05, 0.1) is 22.2 Å². The molecule has 166 valence electrons. The summed E-state index contributed by atoms with van der Waals surface area (Å²) in [5.41, 5.74) is 1.66. The number of para-hydroxylation sites is 3. The van der Waals surface area contributed by atoms with Gasteiger partial charge in [-0.15, -0.1) is 22.7 Å². The molecule has 0 radical (unpaired) electrons. The van der Waals surface area contributed by atoms with Crippen molar-refractivity contribution in [3.63, 3.8) is 0 Å². The van der Waals surface area contributed by atoms with E-state index in [4.69, 9.17) is 9.47 Å². The minimum atomic E-state index is -3.79. The van der Waals surface area contributed by atoms with Crippen LogP contribution in [0.3, 0.4) is 0 Å². The normalized spacial score (nSPS) is 11.4. The van der Waals surface area contributed by atoms with Crippen LogP contribution in [-0.4, -0.2) is 20.5 Å². The van der Waals surface area contributed by atoms with Crippen molar-refractivity contribution in [2.24, 2.45) is 0 Å². The first-order valence-corrected chi connectivity index (χ1v) is 13.1. The van der Waals surface area contributed by atoms with Gasteiger partial charge >= 0.3 is 0 Å². The van der Waals surface area contributed by atoms with E-state index in [1.54, 1.807) is 31.4 Å². The molecule has 0 fully saturated rings. The summed E-state index contributed by atoms with van der Waals surface area (Å²) in [5, 5.41) is 3.16. The SMILES string of the molecule is COc1ccccc1Oc1ccc(S(=O)(=O)Nc2sccc2-c2nc3ccccc3s2)cc1. The summed E-state index contributed by atoms with van der Waals surface area (Å²) in [6, 6.07) is 23.2. The van der Waals surface area contributed by atoms with Gasteiger partial charge in [-0.25, -0.2) is 13.4 Å². The molecular formula is C24H18N2O4S3. The maximum absolute atomic E-state index is 13.0. The van der Waals surface area contributed by atoms with Crippen molar-refractivity contribution in [1.29, 1.82) is 0 Å². The summed E-state index contributed by atoms with van der Waals surface area (Å²) < 4.78 is 41.0. The van der Waals surface area contributed by atoms with Gasteiger partial charge in [0, 0.05) is 5.56 Å². The lowest BCUT2D eigenvalue weighted by atomic mass is 10.3. The number of hydrogen-bond donors (Lipinski definition) is 1. The molecule has 0 unspecified atom stereocenters. The molecular weight excluding hydrogens is 476 g/mol. The Morgan fingerprint density at radius 3 is 2.36 bits per heavy atom. The average Bonchev–Trinajstić information content (AvgIpc) is 3.46. The highest BCUT2D eigenvalue weighted by molar-refractivity contribution is 7.93. The predicted molar refractivity (Wildman–Crippen MR) is 133 cm³/mol. The Labute approximate surface area is 199 Å². The summed E-state index contributed by atoms with van der Waals surface area (Å²) in [6.07, 6.45) is 0. The first-order chi connectivity index (χ1) is 16.0. The number of methoxy groups -OCH3 is 1. The number of fused-ring (bicyclic) bond motifs is 1. The van der Waals surface area contributed by atoms with Crippen molar-refractivity contribution >= 4 is 47.9 Å². The molecule has 0 aliphatic carbocycles. The molecule has 5 rings (SSSR count). The van der Waals surface area contributed by atoms with Gasteiger partial charge < -0.3 is 9.47 Å². The maximum Gasteiger partial charge on any atom is 0.262 e. The molecule has 0 aliphatic rings. The zero-order valence-corrected chi connectivity index (χ0v) is 19.8. The summed E-state index contributed by atoms with van der Waals surface area (Å²) >= 11 is 2.85. The standard InChI is InChI=1S/C24H18N2O4S3/c1-29-20-7-3-4-8-21(20)30-16-10-12-17(13-11-16)33(27,28)26-24-18(14-15-31-24)23-25-19-6-2-5-9-22(19)32-23/h2-15,26H,1H3. The average molecular weight is 495 g/mol. The topological polar surface area (TPSA) is 77.5 Å². The summed E-state index contributed by atoms with van der Waals surface area (Å²) in [4.78, 5) is 4.79. The largest absolute Gasteiger partial charge is 0.493 e. The van der Waals surface area contributed by atoms with Gasteiger partial charge in [-0.3, -0.25) is 4.72 Å². The van der Waals surface area contributed by atoms with Gasteiger partial charge in [0.15, 0.2) is 11.5 Å². The molecule has 9 heteroatoms. The third-order valence-corrected chi connectivity index (χ3v) is 8.24. The van der Waals surface area contributed by atoms with Crippen LogP contribution < -0.4 is 14.2 Å². The Hall–Kier alpha value is -3.40. The molecule has 2 heterocycles. The van der Waals surface area contributed by atoms with Crippen LogP contribution in [0.15, 0.2) is 89.1 Å². The zero-order valence-electron chi connectivity index (χ0n) is 17.4. The monoisotopic (exact) mass is 494 g/mol. The van der Waals surface area contributed by atoms with E-state index >= 15 is 0 Å². The number of ether oxygens (including phenoxy) is 2. The van der Waals surface area contributed by atoms with Crippen molar-refractivity contribution in [2.75, 3.05) is 11.8 Å². The van der Waals surface area contributed by atoms with Crippen molar-refractivity contribution in [1.82, 2.24) is 4.98 Å². The second-order valence-electron chi connectivity index (χ2n) is 6.98. The first-order valence-electron chi connectivity index (χ1n) is 9.91. The van der Waals surface area contributed by atoms with Crippen molar-refractivity contribution in [2.45, 2.75) is 4.90 Å². The van der Waals surface area contributed by atoms with E-state index in [1.807, 2.05) is 47.8 Å². The molecule has 0 spiro atoms. The van der Waals surface area contributed by atoms with Crippen LogP contribution in [-0.2, 0) is 10.0 Å². The number of nitrogens with one attached hydrogen (secondary N) is 1. The van der Waals surface area contributed by atoms with Crippen LogP contribution >= 0.6 is 22.7 Å². The lowest BCUT2D eigenvalue weighted by Gasteiger charge is -2.11. The highest BCUT2D eigenvalue weighted by Crippen LogP contribution is 2.39. The number of anilines is 1. The van der Waals surface area contributed by atoms with Crippen LogP contribution in [0.4, 0.5) is 5.00 Å². The number of thiazole rings is 1. The molecule has 1 N–H and O–H groups in total. The Bertz CT molecular complexity index is 1490. The van der Waals surface area contributed by atoms with Gasteiger partial charge in [0.25, 0.3) is 10.0 Å². The minimum absolute atomic E-state index is 0.138. The van der Waals surface area contributed by atoms with Crippen LogP contribution in [0.2, 0.25) is 0 Å². The van der Waals surface area contributed by atoms with Crippen LogP contribution in [0.5, 0.6) is 17.2 Å². The molecule has 2 aromatic heterocycles. The van der Waals surface area contributed by atoms with E-state index in [0.717, 1.165) is 20.8 Å². The number of rotatable bonds is 7. The van der Waals surface area contributed by atoms with Gasteiger partial charge in [0.2, 0.25) is 0 Å². The van der Waals surface area contributed by atoms with Gasteiger partial charge in [-0.05, 0) is 60.0 Å².